The van der Waals surface area contributed by atoms with Crippen molar-refractivity contribution in [1.82, 2.24) is 0 Å². The number of anilines is 1. The first-order chi connectivity index (χ1) is 9.21. The number of rotatable bonds is 6. The van der Waals surface area contributed by atoms with Gasteiger partial charge in [0.1, 0.15) is 11.5 Å². The molecular weight excluding hydrogens is 335 g/mol. The van der Waals surface area contributed by atoms with Crippen molar-refractivity contribution in [1.29, 1.82) is 0 Å². The van der Waals surface area contributed by atoms with Crippen molar-refractivity contribution in [2.75, 3.05) is 11.9 Å². The Balaban J connectivity index is 3.06. The van der Waals surface area contributed by atoms with Crippen LogP contribution in [-0.4, -0.2) is 22.5 Å². The molecule has 0 aliphatic rings. The number of halogens is 2. The van der Waals surface area contributed by atoms with Gasteiger partial charge in [-0.05, 0) is 29.3 Å². The summed E-state index contributed by atoms with van der Waals surface area (Å²) in [5, 5.41) is 22.7. The molecule has 6 nitrogen and oxygen atoms in total. The van der Waals surface area contributed by atoms with Gasteiger partial charge in [0.05, 0.1) is 14.8 Å². The van der Waals surface area contributed by atoms with Crippen molar-refractivity contribution in [3.05, 3.63) is 32.5 Å². The summed E-state index contributed by atoms with van der Waals surface area (Å²) >= 11 is 2.87. The molecule has 20 heavy (non-hydrogen) atoms. The predicted octanol–water partition coefficient (Wildman–Crippen LogP) is 3.41. The number of nitro groups is 1. The summed E-state index contributed by atoms with van der Waals surface area (Å²) < 4.78 is 13.4. The van der Waals surface area contributed by atoms with E-state index < -0.39 is 22.1 Å². The van der Waals surface area contributed by atoms with Crippen LogP contribution in [-0.2, 0) is 4.79 Å². The summed E-state index contributed by atoms with van der Waals surface area (Å²) in [6.07, 6.45) is 0.335. The van der Waals surface area contributed by atoms with Crippen molar-refractivity contribution in [2.45, 2.75) is 20.3 Å². The molecule has 0 heterocycles. The number of hydrogen-bond acceptors (Lipinski definition) is 4. The van der Waals surface area contributed by atoms with E-state index in [1.54, 1.807) is 6.92 Å². The summed E-state index contributed by atoms with van der Waals surface area (Å²) in [5.41, 5.74) is -1.45. The molecule has 1 atom stereocenters. The minimum atomic E-state index is -1.09. The number of hydrogen-bond donors (Lipinski definition) is 2. The number of nitro benzene ring substituents is 1. The van der Waals surface area contributed by atoms with Crippen molar-refractivity contribution in [2.24, 2.45) is 5.41 Å². The van der Waals surface area contributed by atoms with Gasteiger partial charge in [0.25, 0.3) is 5.69 Å². The molecule has 1 aromatic carbocycles. The highest BCUT2D eigenvalue weighted by atomic mass is 79.9. The van der Waals surface area contributed by atoms with Crippen molar-refractivity contribution < 1.29 is 19.2 Å². The predicted molar refractivity (Wildman–Crippen MR) is 75.3 cm³/mol. The van der Waals surface area contributed by atoms with Crippen LogP contribution in [0.15, 0.2) is 16.6 Å². The molecular formula is C12H14BrFN2O4. The number of benzene rings is 1. The third kappa shape index (κ3) is 3.44. The molecule has 0 saturated heterocycles. The molecule has 2 N–H and O–H groups in total. The van der Waals surface area contributed by atoms with Crippen LogP contribution in [0.2, 0.25) is 0 Å². The van der Waals surface area contributed by atoms with Crippen LogP contribution < -0.4 is 5.32 Å². The third-order valence-electron chi connectivity index (χ3n) is 3.20. The fraction of sp³-hybridized carbons (Fsp3) is 0.417. The Morgan fingerprint density at radius 2 is 2.20 bits per heavy atom. The lowest BCUT2D eigenvalue weighted by Gasteiger charge is -2.23. The fourth-order valence-corrected chi connectivity index (χ4v) is 1.80. The molecule has 0 saturated carbocycles. The topological polar surface area (TPSA) is 92.5 Å². The molecule has 8 heteroatoms. The maximum atomic E-state index is 13.5. The zero-order valence-electron chi connectivity index (χ0n) is 10.9. The van der Waals surface area contributed by atoms with E-state index in [0.717, 1.165) is 12.1 Å². The number of carboxylic acids is 1. The Bertz CT molecular complexity index is 553. The van der Waals surface area contributed by atoms with Gasteiger partial charge in [0.2, 0.25) is 0 Å². The van der Waals surface area contributed by atoms with Gasteiger partial charge in [-0.3, -0.25) is 14.9 Å². The van der Waals surface area contributed by atoms with Gasteiger partial charge in [0.15, 0.2) is 0 Å². The monoisotopic (exact) mass is 348 g/mol. The minimum absolute atomic E-state index is 0.0220. The minimum Gasteiger partial charge on any atom is -0.481 e. The summed E-state index contributed by atoms with van der Waals surface area (Å²) in [6, 6.07) is 2.02. The molecule has 1 rings (SSSR count). The molecule has 0 aliphatic carbocycles. The van der Waals surface area contributed by atoms with Crippen LogP contribution in [0.1, 0.15) is 20.3 Å². The summed E-state index contributed by atoms with van der Waals surface area (Å²) in [6.45, 7) is 3.18. The maximum absolute atomic E-state index is 13.5. The van der Waals surface area contributed by atoms with Gasteiger partial charge < -0.3 is 10.4 Å². The van der Waals surface area contributed by atoms with Gasteiger partial charge in [0, 0.05) is 18.7 Å². The lowest BCUT2D eigenvalue weighted by atomic mass is 9.87. The Morgan fingerprint density at radius 1 is 1.60 bits per heavy atom. The highest BCUT2D eigenvalue weighted by Gasteiger charge is 2.31. The first kappa shape index (κ1) is 16.4. The smallest absolute Gasteiger partial charge is 0.311 e. The molecule has 1 unspecified atom stereocenters. The largest absolute Gasteiger partial charge is 0.481 e. The average Bonchev–Trinajstić information content (AvgIpc) is 2.38. The van der Waals surface area contributed by atoms with Gasteiger partial charge in [-0.2, -0.15) is 0 Å². The third-order valence-corrected chi connectivity index (χ3v) is 3.81. The molecule has 1 aromatic rings. The number of nitrogens with one attached hydrogen (secondary N) is 1. The van der Waals surface area contributed by atoms with Gasteiger partial charge in [-0.25, -0.2) is 4.39 Å². The first-order valence-corrected chi connectivity index (χ1v) is 6.61. The molecule has 0 bridgehead atoms. The summed E-state index contributed by atoms with van der Waals surface area (Å²) in [7, 11) is 0. The van der Waals surface area contributed by atoms with Gasteiger partial charge in [-0.15, -0.1) is 0 Å². The van der Waals surface area contributed by atoms with E-state index in [1.807, 2.05) is 0 Å². The number of aliphatic carboxylic acids is 1. The Hall–Kier alpha value is -1.70. The Kier molecular flexibility index (Phi) is 5.04. The summed E-state index contributed by atoms with van der Waals surface area (Å²) in [4.78, 5) is 21.4. The van der Waals surface area contributed by atoms with E-state index >= 15 is 0 Å². The van der Waals surface area contributed by atoms with E-state index in [1.165, 1.54) is 6.92 Å². The van der Waals surface area contributed by atoms with Crippen LogP contribution in [0.3, 0.4) is 0 Å². The Labute approximate surface area is 123 Å². The van der Waals surface area contributed by atoms with Crippen LogP contribution >= 0.6 is 15.9 Å². The SMILES string of the molecule is CCC(C)(CNc1cc(F)c(Br)cc1[N+](=O)[O-])C(=O)O. The lowest BCUT2D eigenvalue weighted by molar-refractivity contribution is -0.384. The second-order valence-corrected chi connectivity index (χ2v) is 5.47. The van der Waals surface area contributed by atoms with E-state index in [-0.39, 0.29) is 22.4 Å². The molecule has 0 aromatic heterocycles. The van der Waals surface area contributed by atoms with E-state index in [4.69, 9.17) is 5.11 Å². The van der Waals surface area contributed by atoms with E-state index in [2.05, 4.69) is 21.2 Å². The fourth-order valence-electron chi connectivity index (χ4n) is 1.47. The number of carboxylic acid groups (broad SMARTS) is 1. The van der Waals surface area contributed by atoms with Crippen LogP contribution in [0.25, 0.3) is 0 Å². The number of carbonyl (C=O) groups is 1. The van der Waals surface area contributed by atoms with E-state index in [0.29, 0.717) is 6.42 Å². The van der Waals surface area contributed by atoms with Crippen LogP contribution in [0.4, 0.5) is 15.8 Å². The first-order valence-electron chi connectivity index (χ1n) is 5.82. The molecule has 0 spiro atoms. The molecule has 0 aliphatic heterocycles. The normalized spacial score (nSPS) is 13.6. The standard InChI is InChI=1S/C12H14BrFN2O4/c1-3-12(2,11(17)18)6-15-9-5-8(14)7(13)4-10(9)16(19)20/h4-5,15H,3,6H2,1-2H3,(H,17,18). The molecule has 110 valence electrons. The molecule has 0 radical (unpaired) electrons. The quantitative estimate of drug-likeness (QED) is 0.607. The van der Waals surface area contributed by atoms with E-state index in [9.17, 15) is 19.3 Å². The average molecular weight is 349 g/mol. The Morgan fingerprint density at radius 3 is 2.65 bits per heavy atom. The zero-order valence-corrected chi connectivity index (χ0v) is 12.5. The summed E-state index contributed by atoms with van der Waals surface area (Å²) in [5.74, 6) is -1.68. The lowest BCUT2D eigenvalue weighted by Crippen LogP contribution is -2.34. The zero-order chi connectivity index (χ0) is 15.5. The highest BCUT2D eigenvalue weighted by molar-refractivity contribution is 9.10. The second kappa shape index (κ2) is 6.17. The number of nitrogens with zero attached hydrogens (tertiary/aromatic N) is 1. The van der Waals surface area contributed by atoms with Crippen LogP contribution in [0, 0.1) is 21.3 Å². The van der Waals surface area contributed by atoms with Crippen molar-refractivity contribution in [3.8, 4) is 0 Å². The van der Waals surface area contributed by atoms with Crippen molar-refractivity contribution in [3.63, 3.8) is 0 Å². The van der Waals surface area contributed by atoms with Gasteiger partial charge in [-0.1, -0.05) is 6.92 Å². The molecule has 0 amide bonds. The van der Waals surface area contributed by atoms with Crippen molar-refractivity contribution >= 4 is 33.3 Å². The highest BCUT2D eigenvalue weighted by Crippen LogP contribution is 2.32. The second-order valence-electron chi connectivity index (χ2n) is 4.61. The molecule has 0 fully saturated rings. The van der Waals surface area contributed by atoms with Crippen LogP contribution in [0.5, 0.6) is 0 Å². The maximum Gasteiger partial charge on any atom is 0.311 e. The van der Waals surface area contributed by atoms with Gasteiger partial charge >= 0.3 is 5.97 Å².